The lowest BCUT2D eigenvalue weighted by Crippen LogP contribution is -2.53. The molecule has 0 aromatic heterocycles. The van der Waals surface area contributed by atoms with Gasteiger partial charge in [-0.15, -0.1) is 0 Å². The van der Waals surface area contributed by atoms with Gasteiger partial charge < -0.3 is 10.6 Å². The van der Waals surface area contributed by atoms with E-state index in [1.165, 1.54) is 0 Å². The highest BCUT2D eigenvalue weighted by Crippen LogP contribution is 2.49. The minimum Gasteiger partial charge on any atom is -0.310 e. The molecular formula is C10H17F3N2. The molecule has 0 bridgehead atoms. The largest absolute Gasteiger partial charge is 0.406 e. The zero-order valence-electron chi connectivity index (χ0n) is 8.88. The summed E-state index contributed by atoms with van der Waals surface area (Å²) in [4.78, 5) is 0. The summed E-state index contributed by atoms with van der Waals surface area (Å²) < 4.78 is 37.8. The van der Waals surface area contributed by atoms with Crippen molar-refractivity contribution in [3.63, 3.8) is 0 Å². The van der Waals surface area contributed by atoms with E-state index < -0.39 is 11.7 Å². The van der Waals surface area contributed by atoms with Crippen molar-refractivity contribution in [1.82, 2.24) is 10.6 Å². The van der Waals surface area contributed by atoms with Gasteiger partial charge in [0, 0.05) is 12.1 Å². The van der Waals surface area contributed by atoms with Gasteiger partial charge in [-0.2, -0.15) is 13.2 Å². The number of alkyl halides is 3. The lowest BCUT2D eigenvalue weighted by molar-refractivity contribution is -0.166. The summed E-state index contributed by atoms with van der Waals surface area (Å²) in [5.41, 5.74) is -1.72. The Kier molecular flexibility index (Phi) is 2.50. The fourth-order valence-corrected chi connectivity index (χ4v) is 2.16. The molecule has 0 radical (unpaired) electrons. The van der Waals surface area contributed by atoms with E-state index in [1.54, 1.807) is 0 Å². The van der Waals surface area contributed by atoms with Crippen LogP contribution in [0.15, 0.2) is 0 Å². The molecule has 88 valence electrons. The maximum Gasteiger partial charge on any atom is 0.406 e. The molecule has 0 amide bonds. The topological polar surface area (TPSA) is 24.1 Å². The number of hydrogen-bond donors (Lipinski definition) is 2. The quantitative estimate of drug-likeness (QED) is 0.761. The van der Waals surface area contributed by atoms with Crippen molar-refractivity contribution in [3.05, 3.63) is 0 Å². The van der Waals surface area contributed by atoms with Crippen LogP contribution in [0, 0.1) is 0 Å². The van der Waals surface area contributed by atoms with Crippen LogP contribution in [0.1, 0.15) is 32.6 Å². The summed E-state index contributed by atoms with van der Waals surface area (Å²) in [6.45, 7) is 3.31. The van der Waals surface area contributed by atoms with E-state index in [2.05, 4.69) is 10.6 Å². The Hall–Kier alpha value is -0.290. The summed E-state index contributed by atoms with van der Waals surface area (Å²) >= 11 is 0. The van der Waals surface area contributed by atoms with Crippen LogP contribution in [0.2, 0.25) is 0 Å². The van der Waals surface area contributed by atoms with Crippen molar-refractivity contribution < 1.29 is 13.2 Å². The molecule has 1 atom stereocenters. The second-order valence-corrected chi connectivity index (χ2v) is 5.02. The fraction of sp³-hybridized carbons (Fsp3) is 1.00. The van der Waals surface area contributed by atoms with Gasteiger partial charge in [0.2, 0.25) is 0 Å². The third-order valence-electron chi connectivity index (χ3n) is 3.57. The van der Waals surface area contributed by atoms with Crippen molar-refractivity contribution in [3.8, 4) is 0 Å². The van der Waals surface area contributed by atoms with Crippen LogP contribution < -0.4 is 10.6 Å². The Balaban J connectivity index is 1.88. The molecule has 1 unspecified atom stereocenters. The summed E-state index contributed by atoms with van der Waals surface area (Å²) in [5, 5.41) is 5.96. The molecule has 1 saturated carbocycles. The van der Waals surface area contributed by atoms with Gasteiger partial charge in [0.15, 0.2) is 0 Å². The summed E-state index contributed by atoms with van der Waals surface area (Å²) in [5.74, 6) is 0. The van der Waals surface area contributed by atoms with Crippen LogP contribution >= 0.6 is 0 Å². The van der Waals surface area contributed by atoms with E-state index in [-0.39, 0.29) is 18.4 Å². The van der Waals surface area contributed by atoms with Crippen molar-refractivity contribution in [2.75, 3.05) is 13.1 Å². The Labute approximate surface area is 87.6 Å². The van der Waals surface area contributed by atoms with Crippen molar-refractivity contribution in [2.45, 2.75) is 49.9 Å². The molecule has 1 heterocycles. The van der Waals surface area contributed by atoms with Crippen LogP contribution in [0.5, 0.6) is 0 Å². The molecular weight excluding hydrogens is 205 g/mol. The first-order valence-electron chi connectivity index (χ1n) is 5.44. The van der Waals surface area contributed by atoms with Gasteiger partial charge in [0.05, 0.1) is 0 Å². The number of hydrogen-bond acceptors (Lipinski definition) is 2. The van der Waals surface area contributed by atoms with E-state index in [1.807, 2.05) is 6.92 Å². The number of nitrogens with one attached hydrogen (secondary N) is 2. The summed E-state index contributed by atoms with van der Waals surface area (Å²) in [7, 11) is 0. The van der Waals surface area contributed by atoms with Crippen molar-refractivity contribution in [1.29, 1.82) is 0 Å². The predicted molar refractivity (Wildman–Crippen MR) is 51.7 cm³/mol. The maximum absolute atomic E-state index is 12.6. The highest BCUT2D eigenvalue weighted by molar-refractivity contribution is 5.09. The average Bonchev–Trinajstić information content (AvgIpc) is 2.82. The highest BCUT2D eigenvalue weighted by atomic mass is 19.4. The molecule has 1 saturated heterocycles. The minimum absolute atomic E-state index is 0.152. The lowest BCUT2D eigenvalue weighted by atomic mass is 10.00. The van der Waals surface area contributed by atoms with E-state index >= 15 is 0 Å². The SMILES string of the molecule is CC1(CNC2(C(F)(F)F)CC2)CCCN1. The molecule has 2 fully saturated rings. The molecule has 2 N–H and O–H groups in total. The van der Waals surface area contributed by atoms with Crippen molar-refractivity contribution >= 4 is 0 Å². The standard InChI is InChI=1S/C10H17F3N2/c1-8(3-2-6-14-8)7-15-9(4-5-9)10(11,12)13/h14-15H,2-7H2,1H3. The van der Waals surface area contributed by atoms with Gasteiger partial charge in [0.25, 0.3) is 0 Å². The lowest BCUT2D eigenvalue weighted by Gasteiger charge is -2.29. The Bertz CT molecular complexity index is 240. The summed E-state index contributed by atoms with van der Waals surface area (Å²) in [6.07, 6.45) is -1.63. The van der Waals surface area contributed by atoms with E-state index in [0.717, 1.165) is 19.4 Å². The van der Waals surface area contributed by atoms with Gasteiger partial charge in [0.1, 0.15) is 5.54 Å². The van der Waals surface area contributed by atoms with E-state index in [9.17, 15) is 13.2 Å². The Morgan fingerprint density at radius 3 is 2.33 bits per heavy atom. The van der Waals surface area contributed by atoms with Gasteiger partial charge in [-0.1, -0.05) is 0 Å². The first-order valence-corrected chi connectivity index (χ1v) is 5.44. The second kappa shape index (κ2) is 3.35. The van der Waals surface area contributed by atoms with Crippen molar-refractivity contribution in [2.24, 2.45) is 0 Å². The zero-order valence-corrected chi connectivity index (χ0v) is 8.88. The third kappa shape index (κ3) is 2.13. The zero-order chi connectivity index (χ0) is 11.2. The smallest absolute Gasteiger partial charge is 0.310 e. The summed E-state index contributed by atoms with van der Waals surface area (Å²) in [6, 6.07) is 0. The molecule has 2 rings (SSSR count). The average molecular weight is 222 g/mol. The van der Waals surface area contributed by atoms with Crippen LogP contribution in [-0.2, 0) is 0 Å². The van der Waals surface area contributed by atoms with Crippen LogP contribution in [0.25, 0.3) is 0 Å². The number of halogens is 3. The predicted octanol–water partition coefficient (Wildman–Crippen LogP) is 1.81. The Morgan fingerprint density at radius 1 is 1.27 bits per heavy atom. The van der Waals surface area contributed by atoms with Gasteiger partial charge >= 0.3 is 6.18 Å². The normalized spacial score (nSPS) is 34.4. The van der Waals surface area contributed by atoms with E-state index in [4.69, 9.17) is 0 Å². The second-order valence-electron chi connectivity index (χ2n) is 5.02. The first-order chi connectivity index (χ1) is 6.87. The molecule has 1 aliphatic carbocycles. The molecule has 2 nitrogen and oxygen atoms in total. The van der Waals surface area contributed by atoms with Crippen LogP contribution in [0.4, 0.5) is 13.2 Å². The molecule has 0 aromatic carbocycles. The van der Waals surface area contributed by atoms with Gasteiger partial charge in [-0.25, -0.2) is 0 Å². The molecule has 15 heavy (non-hydrogen) atoms. The van der Waals surface area contributed by atoms with Crippen LogP contribution in [0.3, 0.4) is 0 Å². The Morgan fingerprint density at radius 2 is 1.93 bits per heavy atom. The van der Waals surface area contributed by atoms with Gasteiger partial charge in [-0.05, 0) is 39.2 Å². The highest BCUT2D eigenvalue weighted by Gasteiger charge is 2.63. The molecule has 0 aromatic rings. The molecule has 2 aliphatic rings. The van der Waals surface area contributed by atoms with Gasteiger partial charge in [-0.3, -0.25) is 0 Å². The monoisotopic (exact) mass is 222 g/mol. The maximum atomic E-state index is 12.6. The molecule has 5 heteroatoms. The number of rotatable bonds is 3. The van der Waals surface area contributed by atoms with Crippen LogP contribution in [-0.4, -0.2) is 30.3 Å². The third-order valence-corrected chi connectivity index (χ3v) is 3.57. The fourth-order valence-electron chi connectivity index (χ4n) is 2.16. The molecule has 1 aliphatic heterocycles. The first kappa shape index (κ1) is 11.2. The minimum atomic E-state index is -4.10. The van der Waals surface area contributed by atoms with E-state index in [0.29, 0.717) is 6.54 Å². The molecule has 0 spiro atoms.